The predicted molar refractivity (Wildman–Crippen MR) is 151 cm³/mol. The molecule has 1 aromatic heterocycles. The van der Waals surface area contributed by atoms with Crippen LogP contribution in [0.4, 0.5) is 11.6 Å². The van der Waals surface area contributed by atoms with Crippen LogP contribution in [0, 0.1) is 0 Å². The number of phenolic OH excluding ortho intramolecular Hbond substituents is 1. The highest BCUT2D eigenvalue weighted by Gasteiger charge is 2.12. The maximum Gasteiger partial charge on any atom is 0.338 e. The normalized spacial score (nSPS) is 10.4. The number of phenols is 1. The zero-order valence-corrected chi connectivity index (χ0v) is 22.2. The van der Waals surface area contributed by atoms with Gasteiger partial charge in [-0.2, -0.15) is 9.97 Å². The minimum Gasteiger partial charge on any atom is -0.508 e. The summed E-state index contributed by atoms with van der Waals surface area (Å²) >= 11 is 0. The summed E-state index contributed by atoms with van der Waals surface area (Å²) in [5.74, 6) is 1.43. The molecule has 9 nitrogen and oxygen atoms in total. The van der Waals surface area contributed by atoms with E-state index in [1.54, 1.807) is 62.4 Å². The molecule has 0 saturated carbocycles. The molecule has 0 spiro atoms. The average Bonchev–Trinajstić information content (AvgIpc) is 2.92. The first-order valence-electron chi connectivity index (χ1n) is 12.4. The standard InChI is InChI=1S/C31H28N4O5/c1-19(2)29(37)39-25-13-5-21(6-14-25)17-27-33-28(35-31(34-27)32-23-9-11-24(36)12-10-23)18-22-7-15-26(16-8-22)40-30(38)20(3)4/h5-16,36H,1,3,17-18H2,2,4H3,(H,32,33,34,35). The summed E-state index contributed by atoms with van der Waals surface area (Å²) in [5, 5.41) is 12.8. The van der Waals surface area contributed by atoms with Gasteiger partial charge in [-0.15, -0.1) is 0 Å². The summed E-state index contributed by atoms with van der Waals surface area (Å²) in [4.78, 5) is 37.4. The van der Waals surface area contributed by atoms with Crippen LogP contribution in [0.25, 0.3) is 0 Å². The largest absolute Gasteiger partial charge is 0.508 e. The van der Waals surface area contributed by atoms with E-state index in [0.29, 0.717) is 58.8 Å². The van der Waals surface area contributed by atoms with E-state index in [0.717, 1.165) is 11.1 Å². The van der Waals surface area contributed by atoms with E-state index in [-0.39, 0.29) is 5.75 Å². The van der Waals surface area contributed by atoms with Crippen LogP contribution in [0.3, 0.4) is 0 Å². The summed E-state index contributed by atoms with van der Waals surface area (Å²) in [6, 6.07) is 20.7. The van der Waals surface area contributed by atoms with Crippen molar-refractivity contribution in [3.05, 3.63) is 120 Å². The summed E-state index contributed by atoms with van der Waals surface area (Å²) in [6.45, 7) is 10.4. The van der Waals surface area contributed by atoms with Gasteiger partial charge in [0.05, 0.1) is 0 Å². The lowest BCUT2D eigenvalue weighted by Crippen LogP contribution is -2.10. The first-order chi connectivity index (χ1) is 19.1. The first-order valence-corrected chi connectivity index (χ1v) is 12.4. The molecule has 202 valence electrons. The molecular formula is C31H28N4O5. The number of hydrogen-bond donors (Lipinski definition) is 2. The number of benzene rings is 3. The Morgan fingerprint density at radius 1 is 0.700 bits per heavy atom. The molecule has 0 bridgehead atoms. The van der Waals surface area contributed by atoms with Crippen molar-refractivity contribution in [1.82, 2.24) is 15.0 Å². The van der Waals surface area contributed by atoms with Gasteiger partial charge in [-0.25, -0.2) is 14.6 Å². The van der Waals surface area contributed by atoms with Gasteiger partial charge < -0.3 is 19.9 Å². The topological polar surface area (TPSA) is 124 Å². The fourth-order valence-corrected chi connectivity index (χ4v) is 3.46. The Balaban J connectivity index is 1.55. The molecule has 0 atom stereocenters. The Morgan fingerprint density at radius 3 is 1.52 bits per heavy atom. The molecule has 40 heavy (non-hydrogen) atoms. The highest BCUT2D eigenvalue weighted by molar-refractivity contribution is 5.89. The van der Waals surface area contributed by atoms with Crippen molar-refractivity contribution in [2.24, 2.45) is 0 Å². The van der Waals surface area contributed by atoms with Gasteiger partial charge in [-0.1, -0.05) is 37.4 Å². The summed E-state index contributed by atoms with van der Waals surface area (Å²) < 4.78 is 10.5. The molecule has 0 aliphatic carbocycles. The highest BCUT2D eigenvalue weighted by Crippen LogP contribution is 2.21. The zero-order chi connectivity index (χ0) is 28.6. The molecule has 4 rings (SSSR count). The van der Waals surface area contributed by atoms with Crippen LogP contribution in [-0.4, -0.2) is 32.0 Å². The molecule has 3 aromatic carbocycles. The Kier molecular flexibility index (Phi) is 8.65. The van der Waals surface area contributed by atoms with Crippen LogP contribution >= 0.6 is 0 Å². The lowest BCUT2D eigenvalue weighted by Gasteiger charge is -2.10. The maximum absolute atomic E-state index is 11.8. The molecule has 2 N–H and O–H groups in total. The molecule has 0 fully saturated rings. The zero-order valence-electron chi connectivity index (χ0n) is 22.2. The van der Waals surface area contributed by atoms with Crippen molar-refractivity contribution in [2.45, 2.75) is 26.7 Å². The fourth-order valence-electron chi connectivity index (χ4n) is 3.46. The second-order valence-electron chi connectivity index (χ2n) is 9.14. The SMILES string of the molecule is C=C(C)C(=O)Oc1ccc(Cc2nc(Cc3ccc(OC(=O)C(=C)C)cc3)nc(Nc3ccc(O)cc3)n2)cc1. The number of anilines is 2. The van der Waals surface area contributed by atoms with E-state index in [1.165, 1.54) is 0 Å². The highest BCUT2D eigenvalue weighted by atomic mass is 16.5. The van der Waals surface area contributed by atoms with Crippen molar-refractivity contribution in [2.75, 3.05) is 5.32 Å². The van der Waals surface area contributed by atoms with E-state index in [4.69, 9.17) is 9.47 Å². The number of hydrogen-bond acceptors (Lipinski definition) is 9. The molecule has 0 saturated heterocycles. The van der Waals surface area contributed by atoms with Crippen LogP contribution in [-0.2, 0) is 22.4 Å². The van der Waals surface area contributed by atoms with Crippen molar-refractivity contribution in [1.29, 1.82) is 0 Å². The smallest absolute Gasteiger partial charge is 0.338 e. The van der Waals surface area contributed by atoms with Crippen LogP contribution in [0.5, 0.6) is 17.2 Å². The third kappa shape index (κ3) is 7.84. The molecule has 0 aliphatic rings. The fraction of sp³-hybridized carbons (Fsp3) is 0.129. The van der Waals surface area contributed by atoms with Gasteiger partial charge in [0.25, 0.3) is 0 Å². The number of esters is 2. The minimum absolute atomic E-state index is 0.150. The van der Waals surface area contributed by atoms with Gasteiger partial charge >= 0.3 is 11.9 Å². The number of aromatic hydroxyl groups is 1. The second-order valence-corrected chi connectivity index (χ2v) is 9.14. The number of nitrogens with one attached hydrogen (secondary N) is 1. The van der Waals surface area contributed by atoms with Gasteiger partial charge in [0.15, 0.2) is 0 Å². The predicted octanol–water partition coefficient (Wildman–Crippen LogP) is 5.47. The minimum atomic E-state index is -0.484. The lowest BCUT2D eigenvalue weighted by atomic mass is 10.1. The van der Waals surface area contributed by atoms with E-state index >= 15 is 0 Å². The van der Waals surface area contributed by atoms with Crippen molar-refractivity contribution < 1.29 is 24.2 Å². The maximum atomic E-state index is 11.8. The van der Waals surface area contributed by atoms with Gasteiger partial charge in [0, 0.05) is 29.7 Å². The molecule has 0 unspecified atom stereocenters. The Labute approximate surface area is 231 Å². The second kappa shape index (κ2) is 12.5. The van der Waals surface area contributed by atoms with Gasteiger partial charge in [-0.05, 0) is 73.5 Å². The Morgan fingerprint density at radius 2 is 1.12 bits per heavy atom. The van der Waals surface area contributed by atoms with Gasteiger partial charge in [0.1, 0.15) is 28.9 Å². The van der Waals surface area contributed by atoms with Crippen molar-refractivity contribution in [3.63, 3.8) is 0 Å². The molecule has 0 amide bonds. The number of carbonyl (C=O) groups excluding carboxylic acids is 2. The van der Waals surface area contributed by atoms with E-state index < -0.39 is 11.9 Å². The number of carbonyl (C=O) groups is 2. The molecule has 9 heteroatoms. The monoisotopic (exact) mass is 536 g/mol. The van der Waals surface area contributed by atoms with E-state index in [1.807, 2.05) is 24.3 Å². The van der Waals surface area contributed by atoms with Crippen molar-refractivity contribution in [3.8, 4) is 17.2 Å². The summed E-state index contributed by atoms with van der Waals surface area (Å²) in [7, 11) is 0. The lowest BCUT2D eigenvalue weighted by molar-refractivity contribution is -0.130. The van der Waals surface area contributed by atoms with Crippen LogP contribution < -0.4 is 14.8 Å². The molecule has 4 aromatic rings. The molecular weight excluding hydrogens is 508 g/mol. The third-order valence-corrected chi connectivity index (χ3v) is 5.54. The van der Waals surface area contributed by atoms with E-state index in [9.17, 15) is 14.7 Å². The number of rotatable bonds is 10. The number of nitrogens with zero attached hydrogens (tertiary/aromatic N) is 3. The van der Waals surface area contributed by atoms with E-state index in [2.05, 4.69) is 33.4 Å². The molecule has 0 aliphatic heterocycles. The van der Waals surface area contributed by atoms with Crippen LogP contribution in [0.2, 0.25) is 0 Å². The molecule has 0 radical (unpaired) electrons. The Hall–Kier alpha value is -5.31. The van der Waals surface area contributed by atoms with Crippen LogP contribution in [0.15, 0.2) is 97.1 Å². The van der Waals surface area contributed by atoms with Crippen LogP contribution in [0.1, 0.15) is 36.6 Å². The van der Waals surface area contributed by atoms with Gasteiger partial charge in [0.2, 0.25) is 5.95 Å². The Bertz CT molecular complexity index is 1450. The van der Waals surface area contributed by atoms with Crippen molar-refractivity contribution >= 4 is 23.6 Å². The quantitative estimate of drug-likeness (QED) is 0.118. The first kappa shape index (κ1) is 27.7. The average molecular weight is 537 g/mol. The summed E-state index contributed by atoms with van der Waals surface area (Å²) in [6.07, 6.45) is 0.814. The third-order valence-electron chi connectivity index (χ3n) is 5.54. The number of aromatic nitrogens is 3. The number of ether oxygens (including phenoxy) is 2. The summed E-state index contributed by atoms with van der Waals surface area (Å²) in [5.41, 5.74) is 3.15. The molecule has 1 heterocycles. The van der Waals surface area contributed by atoms with Gasteiger partial charge in [-0.3, -0.25) is 0 Å².